The number of thioether (sulfide) groups is 1. The van der Waals surface area contributed by atoms with Crippen LogP contribution in [0.15, 0.2) is 34.9 Å². The van der Waals surface area contributed by atoms with Crippen LogP contribution in [0, 0.1) is 17.2 Å². The summed E-state index contributed by atoms with van der Waals surface area (Å²) in [6.45, 7) is 1.45. The van der Waals surface area contributed by atoms with Crippen LogP contribution in [0.2, 0.25) is 5.02 Å². The van der Waals surface area contributed by atoms with E-state index in [1.165, 1.54) is 7.11 Å². The van der Waals surface area contributed by atoms with Crippen LogP contribution in [0.4, 0.5) is 0 Å². The molecule has 0 bridgehead atoms. The first kappa shape index (κ1) is 21.2. The second-order valence-corrected chi connectivity index (χ2v) is 8.11. The number of benzene rings is 1. The van der Waals surface area contributed by atoms with Crippen molar-refractivity contribution in [2.24, 2.45) is 5.92 Å². The Morgan fingerprint density at radius 2 is 2.03 bits per heavy atom. The van der Waals surface area contributed by atoms with E-state index >= 15 is 0 Å². The second-order valence-electron chi connectivity index (χ2n) is 6.72. The molecule has 0 radical (unpaired) electrons. The number of methoxy groups -OCH3 is 1. The molecule has 0 unspecified atom stereocenters. The lowest BCUT2D eigenvalue weighted by Crippen LogP contribution is -2.44. The van der Waals surface area contributed by atoms with Crippen molar-refractivity contribution in [3.8, 4) is 6.07 Å². The predicted octanol–water partition coefficient (Wildman–Crippen LogP) is 2.43. The van der Waals surface area contributed by atoms with E-state index in [2.05, 4.69) is 11.4 Å². The molecule has 1 saturated heterocycles. The molecule has 2 heterocycles. The molecule has 0 spiro atoms. The number of carbonyl (C=O) groups is 3. The lowest BCUT2D eigenvalue weighted by atomic mass is 9.78. The number of nitriles is 1. The van der Waals surface area contributed by atoms with E-state index in [4.69, 9.17) is 16.3 Å². The van der Waals surface area contributed by atoms with E-state index in [1.54, 1.807) is 29.2 Å². The number of hydrogen-bond donors (Lipinski definition) is 1. The second kappa shape index (κ2) is 9.33. The minimum Gasteiger partial charge on any atom is -0.468 e. The zero-order valence-electron chi connectivity index (χ0n) is 15.8. The predicted molar refractivity (Wildman–Crippen MR) is 109 cm³/mol. The zero-order chi connectivity index (χ0) is 21.0. The minimum absolute atomic E-state index is 0.0454. The first-order valence-corrected chi connectivity index (χ1v) is 10.5. The quantitative estimate of drug-likeness (QED) is 0.565. The van der Waals surface area contributed by atoms with Gasteiger partial charge in [0.25, 0.3) is 0 Å². The summed E-state index contributed by atoms with van der Waals surface area (Å²) in [6, 6.07) is 8.87. The van der Waals surface area contributed by atoms with Crippen LogP contribution in [0.25, 0.3) is 0 Å². The van der Waals surface area contributed by atoms with Gasteiger partial charge < -0.3 is 15.0 Å². The summed E-state index contributed by atoms with van der Waals surface area (Å²) < 4.78 is 4.80. The van der Waals surface area contributed by atoms with Crippen LogP contribution < -0.4 is 5.32 Å². The number of allylic oxidation sites excluding steroid dienone is 1. The van der Waals surface area contributed by atoms with E-state index in [-0.39, 0.29) is 22.3 Å². The number of ether oxygens (including phenoxy) is 1. The van der Waals surface area contributed by atoms with Gasteiger partial charge in [0.2, 0.25) is 11.8 Å². The number of hydrogen-bond acceptors (Lipinski definition) is 6. The maximum absolute atomic E-state index is 12.8. The summed E-state index contributed by atoms with van der Waals surface area (Å²) in [5, 5.41) is 13.1. The Hall–Kier alpha value is -2.50. The highest BCUT2D eigenvalue weighted by Crippen LogP contribution is 2.42. The van der Waals surface area contributed by atoms with Gasteiger partial charge in [-0.1, -0.05) is 41.6 Å². The van der Waals surface area contributed by atoms with E-state index in [0.717, 1.165) is 37.7 Å². The molecule has 1 fully saturated rings. The number of likely N-dealkylation sites (tertiary alicyclic amines) is 1. The molecule has 1 N–H and O–H groups in total. The lowest BCUT2D eigenvalue weighted by Gasteiger charge is -2.31. The van der Waals surface area contributed by atoms with Crippen LogP contribution in [-0.2, 0) is 19.1 Å². The van der Waals surface area contributed by atoms with Crippen molar-refractivity contribution in [1.82, 2.24) is 10.2 Å². The summed E-state index contributed by atoms with van der Waals surface area (Å²) in [6.07, 6.45) is 1.96. The molecule has 2 aliphatic rings. The summed E-state index contributed by atoms with van der Waals surface area (Å²) in [5.74, 6) is -3.42. The number of halogens is 1. The molecule has 0 saturated carbocycles. The van der Waals surface area contributed by atoms with Crippen molar-refractivity contribution in [1.29, 1.82) is 5.26 Å². The van der Waals surface area contributed by atoms with Gasteiger partial charge in [-0.15, -0.1) is 0 Å². The number of carbonyl (C=O) groups excluding carboxylic acids is 3. The fourth-order valence-corrected chi connectivity index (χ4v) is 4.78. The van der Waals surface area contributed by atoms with E-state index in [0.29, 0.717) is 10.6 Å². The number of nitrogens with one attached hydrogen (secondary N) is 1. The van der Waals surface area contributed by atoms with Gasteiger partial charge in [0.05, 0.1) is 29.5 Å². The average molecular weight is 434 g/mol. The molecule has 9 heteroatoms. The highest BCUT2D eigenvalue weighted by Gasteiger charge is 2.45. The van der Waals surface area contributed by atoms with Crippen molar-refractivity contribution >= 4 is 41.1 Å². The molecule has 1 aromatic rings. The smallest absolute Gasteiger partial charge is 0.319 e. The van der Waals surface area contributed by atoms with Crippen molar-refractivity contribution in [3.63, 3.8) is 0 Å². The van der Waals surface area contributed by atoms with Crippen LogP contribution in [-0.4, -0.2) is 48.6 Å². The Balaban J connectivity index is 1.97. The number of rotatable bonds is 5. The molecular weight excluding hydrogens is 414 g/mol. The van der Waals surface area contributed by atoms with E-state index < -0.39 is 23.7 Å². The standard InChI is InChI=1S/C20H20ClN3O4S/c1-28-20(27)17-16(12-6-2-3-7-14(12)21)13(10-22)19(23-18(17)26)29-11-15(25)24-8-4-5-9-24/h2-3,6-7,16-17H,4-5,8-9,11H2,1H3,(H,23,26)/t16-,17+/m0/s1. The van der Waals surface area contributed by atoms with Gasteiger partial charge in [0.1, 0.15) is 5.92 Å². The highest BCUT2D eigenvalue weighted by molar-refractivity contribution is 8.03. The third-order valence-corrected chi connectivity index (χ3v) is 6.37. The molecule has 3 rings (SSSR count). The van der Waals surface area contributed by atoms with Crippen LogP contribution in [0.5, 0.6) is 0 Å². The van der Waals surface area contributed by atoms with Crippen molar-refractivity contribution < 1.29 is 19.1 Å². The van der Waals surface area contributed by atoms with Gasteiger partial charge in [-0.2, -0.15) is 5.26 Å². The maximum Gasteiger partial charge on any atom is 0.319 e. The molecule has 2 amide bonds. The molecule has 29 heavy (non-hydrogen) atoms. The Bertz CT molecular complexity index is 905. The Morgan fingerprint density at radius 1 is 1.34 bits per heavy atom. The van der Waals surface area contributed by atoms with Crippen molar-refractivity contribution in [3.05, 3.63) is 45.5 Å². The molecular formula is C20H20ClN3O4S. The Kier molecular flexibility index (Phi) is 6.83. The van der Waals surface area contributed by atoms with Gasteiger partial charge >= 0.3 is 5.97 Å². The van der Waals surface area contributed by atoms with Crippen molar-refractivity contribution in [2.75, 3.05) is 26.0 Å². The fourth-order valence-electron chi connectivity index (χ4n) is 3.57. The minimum atomic E-state index is -1.24. The molecule has 2 aliphatic heterocycles. The number of nitrogens with zero attached hydrogens (tertiary/aromatic N) is 2. The Morgan fingerprint density at radius 3 is 2.66 bits per heavy atom. The normalized spacial score (nSPS) is 21.6. The van der Waals surface area contributed by atoms with Crippen LogP contribution >= 0.6 is 23.4 Å². The average Bonchev–Trinajstić information content (AvgIpc) is 3.26. The fraction of sp³-hybridized carbons (Fsp3) is 0.400. The van der Waals surface area contributed by atoms with Crippen LogP contribution in [0.1, 0.15) is 24.3 Å². The largest absolute Gasteiger partial charge is 0.468 e. The van der Waals surface area contributed by atoms with Gasteiger partial charge in [-0.25, -0.2) is 0 Å². The SMILES string of the molecule is COC(=O)[C@H]1C(=O)NC(SCC(=O)N2CCCC2)=C(C#N)[C@@H]1c1ccccc1Cl. The van der Waals surface area contributed by atoms with Crippen molar-refractivity contribution in [2.45, 2.75) is 18.8 Å². The van der Waals surface area contributed by atoms with Crippen LogP contribution in [0.3, 0.4) is 0 Å². The monoisotopic (exact) mass is 433 g/mol. The topological polar surface area (TPSA) is 99.5 Å². The molecule has 152 valence electrons. The van der Waals surface area contributed by atoms with E-state index in [1.807, 2.05) is 0 Å². The van der Waals surface area contributed by atoms with Gasteiger partial charge in [0, 0.05) is 24.0 Å². The first-order chi connectivity index (χ1) is 14.0. The summed E-state index contributed by atoms with van der Waals surface area (Å²) >= 11 is 7.41. The zero-order valence-corrected chi connectivity index (χ0v) is 17.4. The molecule has 7 nitrogen and oxygen atoms in total. The first-order valence-electron chi connectivity index (χ1n) is 9.16. The number of amides is 2. The third kappa shape index (κ3) is 4.41. The van der Waals surface area contributed by atoms with E-state index in [9.17, 15) is 19.6 Å². The summed E-state index contributed by atoms with van der Waals surface area (Å²) in [5.41, 5.74) is 0.673. The lowest BCUT2D eigenvalue weighted by molar-refractivity contribution is -0.150. The van der Waals surface area contributed by atoms with Gasteiger partial charge in [0.15, 0.2) is 0 Å². The molecule has 1 aromatic carbocycles. The summed E-state index contributed by atoms with van der Waals surface area (Å²) in [4.78, 5) is 39.3. The molecule has 0 aromatic heterocycles. The number of esters is 1. The Labute approximate surface area is 178 Å². The maximum atomic E-state index is 12.8. The van der Waals surface area contributed by atoms with Gasteiger partial charge in [-0.05, 0) is 24.5 Å². The molecule has 2 atom stereocenters. The summed E-state index contributed by atoms with van der Waals surface area (Å²) in [7, 11) is 1.19. The highest BCUT2D eigenvalue weighted by atomic mass is 35.5. The molecule has 0 aliphatic carbocycles. The van der Waals surface area contributed by atoms with Gasteiger partial charge in [-0.3, -0.25) is 14.4 Å². The third-order valence-electron chi connectivity index (χ3n) is 5.02.